The number of rotatable bonds is 2. The van der Waals surface area contributed by atoms with Crippen molar-refractivity contribution >= 4 is 29.2 Å². The van der Waals surface area contributed by atoms with Crippen LogP contribution in [0.1, 0.15) is 15.9 Å². The highest BCUT2D eigenvalue weighted by atomic mass is 35.5. The van der Waals surface area contributed by atoms with Crippen LogP contribution in [0.4, 0.5) is 0 Å². The Hall–Kier alpha value is -1.51. The minimum atomic E-state index is -0.979. The molecule has 0 aromatic heterocycles. The zero-order valence-corrected chi connectivity index (χ0v) is 11.1. The van der Waals surface area contributed by atoms with Gasteiger partial charge in [0, 0.05) is 15.6 Å². The Morgan fingerprint density at radius 2 is 1.78 bits per heavy atom. The van der Waals surface area contributed by atoms with Gasteiger partial charge >= 0.3 is 5.97 Å². The first-order valence-electron chi connectivity index (χ1n) is 5.28. The van der Waals surface area contributed by atoms with Crippen LogP contribution in [0, 0.1) is 6.92 Å². The van der Waals surface area contributed by atoms with E-state index in [0.717, 1.165) is 11.1 Å². The van der Waals surface area contributed by atoms with Crippen LogP contribution >= 0.6 is 23.2 Å². The van der Waals surface area contributed by atoms with Crippen molar-refractivity contribution in [2.75, 3.05) is 0 Å². The molecule has 0 amide bonds. The quantitative estimate of drug-likeness (QED) is 0.868. The Morgan fingerprint density at radius 1 is 1.06 bits per heavy atom. The number of carboxylic acid groups (broad SMARTS) is 1. The Labute approximate surface area is 115 Å². The van der Waals surface area contributed by atoms with E-state index >= 15 is 0 Å². The number of aryl methyl sites for hydroxylation is 1. The summed E-state index contributed by atoms with van der Waals surface area (Å²) in [7, 11) is 0. The predicted molar refractivity (Wildman–Crippen MR) is 73.6 cm³/mol. The second-order valence-electron chi connectivity index (χ2n) is 3.96. The number of aromatic carboxylic acids is 1. The maximum Gasteiger partial charge on any atom is 0.335 e. The summed E-state index contributed by atoms with van der Waals surface area (Å²) in [6, 6.07) is 10.1. The van der Waals surface area contributed by atoms with E-state index in [1.165, 1.54) is 6.07 Å². The van der Waals surface area contributed by atoms with E-state index in [-0.39, 0.29) is 5.56 Å². The summed E-state index contributed by atoms with van der Waals surface area (Å²) < 4.78 is 0. The monoisotopic (exact) mass is 280 g/mol. The SMILES string of the molecule is Cc1ccc(Cl)cc1-c1cc(C(=O)O)ccc1Cl. The van der Waals surface area contributed by atoms with E-state index < -0.39 is 5.97 Å². The minimum Gasteiger partial charge on any atom is -0.478 e. The molecule has 0 aliphatic carbocycles. The second kappa shape index (κ2) is 5.01. The number of carbonyl (C=O) groups is 1. The van der Waals surface area contributed by atoms with E-state index in [9.17, 15) is 4.79 Å². The molecule has 0 spiro atoms. The van der Waals surface area contributed by atoms with E-state index in [0.29, 0.717) is 15.6 Å². The highest BCUT2D eigenvalue weighted by molar-refractivity contribution is 6.34. The third-order valence-corrected chi connectivity index (χ3v) is 3.27. The molecule has 2 aromatic carbocycles. The summed E-state index contributed by atoms with van der Waals surface area (Å²) in [6.07, 6.45) is 0. The lowest BCUT2D eigenvalue weighted by atomic mass is 9.99. The van der Waals surface area contributed by atoms with Crippen LogP contribution in [0.3, 0.4) is 0 Å². The van der Waals surface area contributed by atoms with Gasteiger partial charge in [-0.1, -0.05) is 29.3 Å². The van der Waals surface area contributed by atoms with Crippen molar-refractivity contribution in [2.24, 2.45) is 0 Å². The normalized spacial score (nSPS) is 10.4. The van der Waals surface area contributed by atoms with Crippen molar-refractivity contribution in [1.82, 2.24) is 0 Å². The smallest absolute Gasteiger partial charge is 0.335 e. The zero-order chi connectivity index (χ0) is 13.3. The van der Waals surface area contributed by atoms with Gasteiger partial charge in [-0.05, 0) is 48.4 Å². The van der Waals surface area contributed by atoms with Crippen LogP contribution in [-0.2, 0) is 0 Å². The molecule has 92 valence electrons. The van der Waals surface area contributed by atoms with Crippen LogP contribution in [-0.4, -0.2) is 11.1 Å². The summed E-state index contributed by atoms with van der Waals surface area (Å²) in [6.45, 7) is 1.93. The number of benzene rings is 2. The van der Waals surface area contributed by atoms with Gasteiger partial charge in [0.2, 0.25) is 0 Å². The summed E-state index contributed by atoms with van der Waals surface area (Å²) in [4.78, 5) is 11.0. The predicted octanol–water partition coefficient (Wildman–Crippen LogP) is 4.67. The zero-order valence-electron chi connectivity index (χ0n) is 9.58. The lowest BCUT2D eigenvalue weighted by Gasteiger charge is -2.09. The summed E-state index contributed by atoms with van der Waals surface area (Å²) in [5.41, 5.74) is 2.71. The molecule has 0 saturated heterocycles. The minimum absolute atomic E-state index is 0.203. The molecular formula is C14H10Cl2O2. The molecule has 0 fully saturated rings. The highest BCUT2D eigenvalue weighted by Crippen LogP contribution is 2.32. The third kappa shape index (κ3) is 2.50. The van der Waals surface area contributed by atoms with Crippen LogP contribution in [0.2, 0.25) is 10.0 Å². The third-order valence-electron chi connectivity index (χ3n) is 2.70. The average Bonchev–Trinajstić information content (AvgIpc) is 2.33. The molecule has 2 aromatic rings. The Balaban J connectivity index is 2.66. The maximum absolute atomic E-state index is 11.0. The lowest BCUT2D eigenvalue weighted by Crippen LogP contribution is -1.97. The van der Waals surface area contributed by atoms with Crippen molar-refractivity contribution in [3.8, 4) is 11.1 Å². The van der Waals surface area contributed by atoms with E-state index in [4.69, 9.17) is 28.3 Å². The molecule has 0 saturated carbocycles. The fourth-order valence-electron chi connectivity index (χ4n) is 1.75. The maximum atomic E-state index is 11.0. The largest absolute Gasteiger partial charge is 0.478 e. The van der Waals surface area contributed by atoms with Gasteiger partial charge in [0.25, 0.3) is 0 Å². The van der Waals surface area contributed by atoms with Crippen molar-refractivity contribution in [2.45, 2.75) is 6.92 Å². The van der Waals surface area contributed by atoms with Crippen LogP contribution in [0.25, 0.3) is 11.1 Å². The van der Waals surface area contributed by atoms with Gasteiger partial charge < -0.3 is 5.11 Å². The van der Waals surface area contributed by atoms with Crippen LogP contribution in [0.5, 0.6) is 0 Å². The molecule has 0 atom stereocenters. The topological polar surface area (TPSA) is 37.3 Å². The molecule has 0 bridgehead atoms. The number of hydrogen-bond donors (Lipinski definition) is 1. The molecule has 1 N–H and O–H groups in total. The molecule has 0 radical (unpaired) electrons. The van der Waals surface area contributed by atoms with Gasteiger partial charge in [-0.15, -0.1) is 0 Å². The van der Waals surface area contributed by atoms with Crippen molar-refractivity contribution in [3.63, 3.8) is 0 Å². The first kappa shape index (κ1) is 12.9. The van der Waals surface area contributed by atoms with Gasteiger partial charge in [0.1, 0.15) is 0 Å². The number of hydrogen-bond acceptors (Lipinski definition) is 1. The number of carboxylic acids is 1. The Morgan fingerprint density at radius 3 is 2.44 bits per heavy atom. The molecule has 0 heterocycles. The summed E-state index contributed by atoms with van der Waals surface area (Å²) in [5, 5.41) is 10.1. The molecule has 4 heteroatoms. The highest BCUT2D eigenvalue weighted by Gasteiger charge is 2.11. The van der Waals surface area contributed by atoms with Crippen molar-refractivity contribution in [3.05, 3.63) is 57.6 Å². The fraction of sp³-hybridized carbons (Fsp3) is 0.0714. The number of halogens is 2. The second-order valence-corrected chi connectivity index (χ2v) is 4.80. The van der Waals surface area contributed by atoms with Gasteiger partial charge in [0.05, 0.1) is 5.56 Å². The van der Waals surface area contributed by atoms with Gasteiger partial charge in [0.15, 0.2) is 0 Å². The van der Waals surface area contributed by atoms with E-state index in [2.05, 4.69) is 0 Å². The average molecular weight is 281 g/mol. The van der Waals surface area contributed by atoms with Gasteiger partial charge in [-0.3, -0.25) is 0 Å². The van der Waals surface area contributed by atoms with Crippen LogP contribution < -0.4 is 0 Å². The molecule has 0 aliphatic heterocycles. The Bertz CT molecular complexity index is 621. The van der Waals surface area contributed by atoms with E-state index in [1.807, 2.05) is 13.0 Å². The molecule has 0 unspecified atom stereocenters. The fourth-order valence-corrected chi connectivity index (χ4v) is 2.14. The molecule has 2 rings (SSSR count). The first-order chi connectivity index (χ1) is 8.49. The van der Waals surface area contributed by atoms with Crippen LogP contribution in [0.15, 0.2) is 36.4 Å². The Kier molecular flexibility index (Phi) is 3.60. The molecule has 0 aliphatic rings. The molecular weight excluding hydrogens is 271 g/mol. The first-order valence-corrected chi connectivity index (χ1v) is 6.04. The lowest BCUT2D eigenvalue weighted by molar-refractivity contribution is 0.0697. The van der Waals surface area contributed by atoms with Crippen molar-refractivity contribution in [1.29, 1.82) is 0 Å². The van der Waals surface area contributed by atoms with Crippen molar-refractivity contribution < 1.29 is 9.90 Å². The van der Waals surface area contributed by atoms with Gasteiger partial charge in [-0.2, -0.15) is 0 Å². The standard InChI is InChI=1S/C14H10Cl2O2/c1-8-2-4-10(15)7-11(8)12-6-9(14(17)18)3-5-13(12)16/h2-7H,1H3,(H,17,18). The van der Waals surface area contributed by atoms with Gasteiger partial charge in [-0.25, -0.2) is 4.79 Å². The molecule has 2 nitrogen and oxygen atoms in total. The summed E-state index contributed by atoms with van der Waals surface area (Å²) in [5.74, 6) is -0.979. The molecule has 18 heavy (non-hydrogen) atoms. The van der Waals surface area contributed by atoms with E-state index in [1.54, 1.807) is 24.3 Å². The summed E-state index contributed by atoms with van der Waals surface area (Å²) >= 11 is 12.1.